The Balaban J connectivity index is 4.68. The number of hydrogen-bond donors (Lipinski definition) is 0. The minimum Gasteiger partial charge on any atom is -0.138 e. The molecule has 0 amide bonds. The van der Waals surface area contributed by atoms with Crippen molar-refractivity contribution >= 4 is 34.8 Å². The van der Waals surface area contributed by atoms with E-state index in [1.165, 1.54) is 0 Å². The number of halogens is 3. The highest BCUT2D eigenvalue weighted by molar-refractivity contribution is 6.68. The highest BCUT2D eigenvalue weighted by Gasteiger charge is 2.48. The van der Waals surface area contributed by atoms with Gasteiger partial charge in [0.2, 0.25) is 3.79 Å². The molecule has 0 aliphatic rings. The molecule has 0 rings (SSSR count). The van der Waals surface area contributed by atoms with E-state index in [0.29, 0.717) is 0 Å². The van der Waals surface area contributed by atoms with Gasteiger partial charge in [-0.25, -0.2) is 0 Å². The molecule has 0 spiro atoms. The molecule has 0 aromatic rings. The average molecular weight is 277 g/mol. The maximum atomic E-state index is 5.86. The standard InChI is InChI=1S/C10H20Cl3NO/c1-7(2)14(8(3)4)15-9(5,6)10(11,12)13/h7-8H,1-6H3/q+1. The second-order valence-corrected chi connectivity index (χ2v) is 6.93. The second kappa shape index (κ2) is 5.42. The molecule has 1 radical (unpaired) electrons. The number of alkyl halides is 3. The highest BCUT2D eigenvalue weighted by atomic mass is 35.6. The van der Waals surface area contributed by atoms with Gasteiger partial charge in [-0.05, 0) is 46.6 Å². The maximum absolute atomic E-state index is 5.86. The van der Waals surface area contributed by atoms with Crippen LogP contribution in [0.3, 0.4) is 0 Å². The summed E-state index contributed by atoms with van der Waals surface area (Å²) in [6, 6.07) is 0.466. The van der Waals surface area contributed by atoms with Gasteiger partial charge in [0.25, 0.3) is 0 Å². The molecule has 0 N–H and O–H groups in total. The summed E-state index contributed by atoms with van der Waals surface area (Å²) < 4.78 is -1.45. The predicted octanol–water partition coefficient (Wildman–Crippen LogP) is 4.02. The first-order chi connectivity index (χ1) is 6.49. The van der Waals surface area contributed by atoms with E-state index in [1.807, 2.05) is 32.8 Å². The molecule has 0 saturated carbocycles. The smallest absolute Gasteiger partial charge is 0.138 e. The van der Waals surface area contributed by atoms with Crippen LogP contribution in [0.15, 0.2) is 0 Å². The molecule has 0 aromatic carbocycles. The zero-order valence-corrected chi connectivity index (χ0v) is 12.4. The van der Waals surface area contributed by atoms with Crippen molar-refractivity contribution in [1.29, 1.82) is 0 Å². The van der Waals surface area contributed by atoms with Gasteiger partial charge in [0.15, 0.2) is 17.7 Å². The van der Waals surface area contributed by atoms with E-state index in [2.05, 4.69) is 0 Å². The van der Waals surface area contributed by atoms with Crippen LogP contribution in [0.4, 0.5) is 0 Å². The molecule has 91 valence electrons. The van der Waals surface area contributed by atoms with Gasteiger partial charge in [-0.2, -0.15) is 0 Å². The summed E-state index contributed by atoms with van der Waals surface area (Å²) >= 11 is 17.6. The van der Waals surface area contributed by atoms with Crippen LogP contribution in [-0.4, -0.2) is 21.5 Å². The van der Waals surface area contributed by atoms with Crippen molar-refractivity contribution in [2.75, 3.05) is 0 Å². The van der Waals surface area contributed by atoms with E-state index in [9.17, 15) is 0 Å². The summed E-state index contributed by atoms with van der Waals surface area (Å²) in [6.07, 6.45) is 0. The van der Waals surface area contributed by atoms with Crippen molar-refractivity contribution in [3.63, 3.8) is 0 Å². The summed E-state index contributed by atoms with van der Waals surface area (Å²) in [6.45, 7) is 11.7. The first-order valence-electron chi connectivity index (χ1n) is 5.03. The Morgan fingerprint density at radius 1 is 0.933 bits per heavy atom. The van der Waals surface area contributed by atoms with Crippen molar-refractivity contribution in [1.82, 2.24) is 5.06 Å². The lowest BCUT2D eigenvalue weighted by Gasteiger charge is -2.32. The molecule has 0 saturated heterocycles. The minimum atomic E-state index is -1.45. The Morgan fingerprint density at radius 3 is 1.47 bits per heavy atom. The molecule has 0 aromatic heterocycles. The van der Waals surface area contributed by atoms with Gasteiger partial charge >= 0.3 is 0 Å². The van der Waals surface area contributed by atoms with Gasteiger partial charge in [0.1, 0.15) is 0 Å². The fourth-order valence-corrected chi connectivity index (χ4v) is 1.23. The molecule has 5 heteroatoms. The van der Waals surface area contributed by atoms with Crippen LogP contribution in [0, 0.1) is 0 Å². The second-order valence-electron chi connectivity index (χ2n) is 4.65. The van der Waals surface area contributed by atoms with Crippen LogP contribution in [0.2, 0.25) is 0 Å². The monoisotopic (exact) mass is 275 g/mol. The van der Waals surface area contributed by atoms with E-state index >= 15 is 0 Å². The third-order valence-electron chi connectivity index (χ3n) is 2.03. The fourth-order valence-electron chi connectivity index (χ4n) is 1.12. The van der Waals surface area contributed by atoms with Crippen LogP contribution in [0.1, 0.15) is 41.5 Å². The van der Waals surface area contributed by atoms with Crippen LogP contribution < -0.4 is 5.06 Å². The van der Waals surface area contributed by atoms with Crippen molar-refractivity contribution in [3.05, 3.63) is 0 Å². The number of hydroxylamine groups is 2. The Morgan fingerprint density at radius 2 is 1.27 bits per heavy atom. The van der Waals surface area contributed by atoms with E-state index < -0.39 is 9.39 Å². The molecule has 0 aliphatic carbocycles. The number of rotatable bonds is 4. The lowest BCUT2D eigenvalue weighted by molar-refractivity contribution is -0.190. The molecule has 15 heavy (non-hydrogen) atoms. The van der Waals surface area contributed by atoms with Gasteiger partial charge in [0.05, 0.1) is 0 Å². The molecule has 0 unspecified atom stereocenters. The molecular formula is C10H20Cl3NO+. The van der Waals surface area contributed by atoms with E-state index in [0.717, 1.165) is 0 Å². The third kappa shape index (κ3) is 4.66. The van der Waals surface area contributed by atoms with E-state index in [4.69, 9.17) is 39.6 Å². The quantitative estimate of drug-likeness (QED) is 0.430. The van der Waals surface area contributed by atoms with Gasteiger partial charge in [0, 0.05) is 0 Å². The Hall–Kier alpha value is 0.790. The summed E-state index contributed by atoms with van der Waals surface area (Å²) in [7, 11) is 0. The number of hydrogen-bond acceptors (Lipinski definition) is 2. The predicted molar refractivity (Wildman–Crippen MR) is 67.9 cm³/mol. The SMILES string of the molecule is CC(C)[N+](OC(C)(C)C(Cl)(Cl)Cl)C(C)C. The topological polar surface area (TPSA) is 15.1 Å². The first-order valence-corrected chi connectivity index (χ1v) is 6.16. The van der Waals surface area contributed by atoms with Crippen molar-refractivity contribution in [2.24, 2.45) is 0 Å². The van der Waals surface area contributed by atoms with Gasteiger partial charge in [-0.15, -0.1) is 4.84 Å². The Kier molecular flexibility index (Phi) is 5.70. The van der Waals surface area contributed by atoms with Gasteiger partial charge in [-0.3, -0.25) is 0 Å². The normalized spacial score (nSPS) is 14.4. The number of nitrogens with zero attached hydrogens (tertiary/aromatic N) is 1. The molecule has 2 nitrogen and oxygen atoms in total. The van der Waals surface area contributed by atoms with Gasteiger partial charge < -0.3 is 0 Å². The summed E-state index contributed by atoms with van der Waals surface area (Å²) in [4.78, 5) is 5.76. The first kappa shape index (κ1) is 15.8. The van der Waals surface area contributed by atoms with Crippen LogP contribution >= 0.6 is 34.8 Å². The molecule has 0 atom stereocenters. The molecular weight excluding hydrogens is 256 g/mol. The fraction of sp³-hybridized carbons (Fsp3) is 1.00. The van der Waals surface area contributed by atoms with Crippen molar-refractivity contribution in [3.8, 4) is 0 Å². The zero-order chi connectivity index (χ0) is 12.4. The molecule has 0 aliphatic heterocycles. The lowest BCUT2D eigenvalue weighted by Crippen LogP contribution is -2.53. The summed E-state index contributed by atoms with van der Waals surface area (Å²) in [5.74, 6) is 0. The van der Waals surface area contributed by atoms with Crippen LogP contribution in [0.25, 0.3) is 0 Å². The van der Waals surface area contributed by atoms with Crippen LogP contribution in [0.5, 0.6) is 0 Å². The summed E-state index contributed by atoms with van der Waals surface area (Å²) in [5, 5.41) is 1.84. The zero-order valence-electron chi connectivity index (χ0n) is 10.1. The minimum absolute atomic E-state index is 0.233. The highest BCUT2D eigenvalue weighted by Crippen LogP contribution is 2.40. The summed E-state index contributed by atoms with van der Waals surface area (Å²) in [5.41, 5.74) is -0.855. The average Bonchev–Trinajstić information content (AvgIpc) is 1.96. The third-order valence-corrected chi connectivity index (χ3v) is 3.40. The Labute approximate surface area is 108 Å². The van der Waals surface area contributed by atoms with E-state index in [-0.39, 0.29) is 12.1 Å². The molecule has 0 fully saturated rings. The van der Waals surface area contributed by atoms with Crippen molar-refractivity contribution < 1.29 is 4.84 Å². The maximum Gasteiger partial charge on any atom is 0.224 e. The van der Waals surface area contributed by atoms with Crippen molar-refractivity contribution in [2.45, 2.75) is 63.0 Å². The lowest BCUT2D eigenvalue weighted by atomic mass is 10.2. The molecule has 0 heterocycles. The van der Waals surface area contributed by atoms with Crippen LogP contribution in [-0.2, 0) is 4.84 Å². The van der Waals surface area contributed by atoms with E-state index in [1.54, 1.807) is 13.8 Å². The largest absolute Gasteiger partial charge is 0.224 e. The van der Waals surface area contributed by atoms with Gasteiger partial charge in [-0.1, -0.05) is 34.8 Å². The molecule has 0 bridgehead atoms. The Bertz CT molecular complexity index is 191.